The van der Waals surface area contributed by atoms with E-state index in [-0.39, 0.29) is 18.2 Å². The van der Waals surface area contributed by atoms with Gasteiger partial charge in [-0.25, -0.2) is 4.79 Å². The van der Waals surface area contributed by atoms with Crippen LogP contribution < -0.4 is 5.32 Å². The molecule has 0 bridgehead atoms. The van der Waals surface area contributed by atoms with E-state index in [4.69, 9.17) is 4.74 Å². The number of amides is 1. The van der Waals surface area contributed by atoms with Gasteiger partial charge >= 0.3 is 6.09 Å². The molecule has 5 heteroatoms. The molecule has 1 aliphatic carbocycles. The summed E-state index contributed by atoms with van der Waals surface area (Å²) < 4.78 is 5.44. The van der Waals surface area contributed by atoms with Crippen LogP contribution in [0.3, 0.4) is 0 Å². The Labute approximate surface area is 129 Å². The normalized spacial score (nSPS) is 23.2. The molecule has 0 aromatic rings. The zero-order chi connectivity index (χ0) is 16.0. The summed E-state index contributed by atoms with van der Waals surface area (Å²) in [7, 11) is 0. The Morgan fingerprint density at radius 3 is 2.33 bits per heavy atom. The predicted octanol–water partition coefficient (Wildman–Crippen LogP) is 2.53. The van der Waals surface area contributed by atoms with Crippen molar-refractivity contribution in [3.05, 3.63) is 0 Å². The molecule has 1 fully saturated rings. The largest absolute Gasteiger partial charge is 0.444 e. The smallest absolute Gasteiger partial charge is 0.410 e. The van der Waals surface area contributed by atoms with Gasteiger partial charge in [-0.2, -0.15) is 0 Å². The van der Waals surface area contributed by atoms with Crippen molar-refractivity contribution >= 4 is 6.09 Å². The maximum atomic E-state index is 12.2. The number of nitrogens with one attached hydrogen (secondary N) is 1. The molecule has 0 heterocycles. The van der Waals surface area contributed by atoms with Crippen molar-refractivity contribution in [1.29, 1.82) is 0 Å². The Hall–Kier alpha value is -0.810. The van der Waals surface area contributed by atoms with Crippen LogP contribution in [0.25, 0.3) is 0 Å². The highest BCUT2D eigenvalue weighted by Gasteiger charge is 2.24. The molecule has 0 radical (unpaired) electrons. The maximum absolute atomic E-state index is 12.2. The minimum absolute atomic E-state index is 0.120. The van der Waals surface area contributed by atoms with Gasteiger partial charge in [0.15, 0.2) is 0 Å². The highest BCUT2D eigenvalue weighted by atomic mass is 16.6. The van der Waals surface area contributed by atoms with Gasteiger partial charge in [-0.3, -0.25) is 0 Å². The number of hydrogen-bond donors (Lipinski definition) is 2. The molecule has 0 saturated heterocycles. The number of rotatable bonds is 5. The van der Waals surface area contributed by atoms with Gasteiger partial charge in [-0.05, 0) is 60.3 Å². The summed E-state index contributed by atoms with van der Waals surface area (Å²) >= 11 is 0. The van der Waals surface area contributed by atoms with E-state index in [0.717, 1.165) is 32.2 Å². The molecule has 0 aromatic heterocycles. The van der Waals surface area contributed by atoms with Crippen LogP contribution in [0.1, 0.15) is 60.3 Å². The first-order chi connectivity index (χ1) is 9.69. The molecule has 0 spiro atoms. The Bertz CT molecular complexity index is 318. The summed E-state index contributed by atoms with van der Waals surface area (Å²) in [6.45, 7) is 11.1. The van der Waals surface area contributed by atoms with Crippen molar-refractivity contribution in [2.75, 3.05) is 13.1 Å². The van der Waals surface area contributed by atoms with Crippen LogP contribution in [0.15, 0.2) is 0 Å². The lowest BCUT2D eigenvalue weighted by atomic mass is 9.93. The summed E-state index contributed by atoms with van der Waals surface area (Å²) in [6.07, 6.45) is 3.38. The van der Waals surface area contributed by atoms with Gasteiger partial charge in [-0.1, -0.05) is 0 Å². The number of aliphatic hydroxyl groups is 1. The molecule has 0 aromatic carbocycles. The van der Waals surface area contributed by atoms with Crippen molar-refractivity contribution in [1.82, 2.24) is 10.2 Å². The van der Waals surface area contributed by atoms with Crippen molar-refractivity contribution in [2.45, 2.75) is 84.1 Å². The van der Waals surface area contributed by atoms with Gasteiger partial charge in [0.2, 0.25) is 0 Å². The van der Waals surface area contributed by atoms with E-state index in [9.17, 15) is 9.90 Å². The molecular weight excluding hydrogens is 268 g/mol. The first-order valence-corrected chi connectivity index (χ1v) is 8.10. The number of carbonyl (C=O) groups excluding carboxylic acids is 1. The van der Waals surface area contributed by atoms with Crippen LogP contribution in [0.4, 0.5) is 4.79 Å². The zero-order valence-corrected chi connectivity index (χ0v) is 14.2. The van der Waals surface area contributed by atoms with E-state index in [1.54, 1.807) is 4.90 Å². The topological polar surface area (TPSA) is 61.8 Å². The fourth-order valence-electron chi connectivity index (χ4n) is 2.55. The predicted molar refractivity (Wildman–Crippen MR) is 84.3 cm³/mol. The second kappa shape index (κ2) is 7.99. The molecule has 1 saturated carbocycles. The summed E-state index contributed by atoms with van der Waals surface area (Å²) in [6, 6.07) is 0.580. The molecule has 0 aliphatic heterocycles. The molecule has 124 valence electrons. The summed E-state index contributed by atoms with van der Waals surface area (Å²) in [5, 5.41) is 13.0. The highest BCUT2D eigenvalue weighted by molar-refractivity contribution is 5.68. The third-order valence-electron chi connectivity index (χ3n) is 3.73. The third-order valence-corrected chi connectivity index (χ3v) is 3.73. The molecular formula is C16H32N2O3. The van der Waals surface area contributed by atoms with Crippen LogP contribution in [0, 0.1) is 0 Å². The van der Waals surface area contributed by atoms with Crippen LogP contribution in [-0.4, -0.2) is 53.0 Å². The van der Waals surface area contributed by atoms with E-state index < -0.39 is 5.60 Å². The maximum Gasteiger partial charge on any atom is 0.410 e. The van der Waals surface area contributed by atoms with E-state index in [1.807, 2.05) is 34.6 Å². The van der Waals surface area contributed by atoms with Gasteiger partial charge in [0.1, 0.15) is 5.60 Å². The first-order valence-electron chi connectivity index (χ1n) is 8.10. The minimum Gasteiger partial charge on any atom is -0.444 e. The Morgan fingerprint density at radius 2 is 1.86 bits per heavy atom. The third kappa shape index (κ3) is 7.14. The SMILES string of the molecule is CC(C)N(CCNC1CCC(O)CC1)C(=O)OC(C)(C)C. The van der Waals surface area contributed by atoms with Gasteiger partial charge in [0, 0.05) is 25.2 Å². The highest BCUT2D eigenvalue weighted by Crippen LogP contribution is 2.18. The summed E-state index contributed by atoms with van der Waals surface area (Å²) in [5.74, 6) is 0. The molecule has 1 rings (SSSR count). The molecule has 1 aliphatic rings. The monoisotopic (exact) mass is 300 g/mol. The minimum atomic E-state index is -0.461. The summed E-state index contributed by atoms with van der Waals surface area (Å²) in [4.78, 5) is 13.9. The number of aliphatic hydroxyl groups excluding tert-OH is 1. The molecule has 5 nitrogen and oxygen atoms in total. The number of hydrogen-bond acceptors (Lipinski definition) is 4. The lowest BCUT2D eigenvalue weighted by molar-refractivity contribution is 0.0190. The van der Waals surface area contributed by atoms with Gasteiger partial charge in [0.25, 0.3) is 0 Å². The van der Waals surface area contributed by atoms with Crippen LogP contribution >= 0.6 is 0 Å². The fraction of sp³-hybridized carbons (Fsp3) is 0.938. The Balaban J connectivity index is 2.36. The number of ether oxygens (including phenoxy) is 1. The molecule has 0 unspecified atom stereocenters. The second-order valence-electron chi connectivity index (χ2n) is 7.23. The van der Waals surface area contributed by atoms with Crippen LogP contribution in [0.5, 0.6) is 0 Å². The van der Waals surface area contributed by atoms with E-state index in [1.165, 1.54) is 0 Å². The quantitative estimate of drug-likeness (QED) is 0.819. The van der Waals surface area contributed by atoms with Gasteiger partial charge in [0.05, 0.1) is 6.10 Å². The van der Waals surface area contributed by atoms with Crippen LogP contribution in [0.2, 0.25) is 0 Å². The van der Waals surface area contributed by atoms with Crippen molar-refractivity contribution in [3.8, 4) is 0 Å². The van der Waals surface area contributed by atoms with E-state index in [2.05, 4.69) is 5.32 Å². The summed E-state index contributed by atoms with van der Waals surface area (Å²) in [5.41, 5.74) is -0.461. The first kappa shape index (κ1) is 18.2. The average Bonchev–Trinajstić information content (AvgIpc) is 2.34. The van der Waals surface area contributed by atoms with Crippen molar-refractivity contribution in [2.24, 2.45) is 0 Å². The zero-order valence-electron chi connectivity index (χ0n) is 14.2. The lowest BCUT2D eigenvalue weighted by Gasteiger charge is -2.31. The van der Waals surface area contributed by atoms with E-state index in [0.29, 0.717) is 12.6 Å². The molecule has 0 atom stereocenters. The molecule has 21 heavy (non-hydrogen) atoms. The standard InChI is InChI=1S/C16H32N2O3/c1-12(2)18(15(20)21-16(3,4)5)11-10-17-13-6-8-14(19)9-7-13/h12-14,17,19H,6-11H2,1-5H3. The van der Waals surface area contributed by atoms with Gasteiger partial charge in [-0.15, -0.1) is 0 Å². The number of carbonyl (C=O) groups is 1. The van der Waals surface area contributed by atoms with Crippen molar-refractivity contribution in [3.63, 3.8) is 0 Å². The average molecular weight is 300 g/mol. The fourth-order valence-corrected chi connectivity index (χ4v) is 2.55. The molecule has 1 amide bonds. The number of nitrogens with zero attached hydrogens (tertiary/aromatic N) is 1. The van der Waals surface area contributed by atoms with Crippen LogP contribution in [-0.2, 0) is 4.74 Å². The molecule has 2 N–H and O–H groups in total. The Morgan fingerprint density at radius 1 is 1.29 bits per heavy atom. The van der Waals surface area contributed by atoms with Crippen molar-refractivity contribution < 1.29 is 14.6 Å². The lowest BCUT2D eigenvalue weighted by Crippen LogP contribution is -2.46. The van der Waals surface area contributed by atoms with Gasteiger partial charge < -0.3 is 20.1 Å². The second-order valence-corrected chi connectivity index (χ2v) is 7.23. The Kier molecular flexibility index (Phi) is 6.94. The van der Waals surface area contributed by atoms with E-state index >= 15 is 0 Å².